The van der Waals surface area contributed by atoms with E-state index in [1.54, 1.807) is 0 Å². The first-order valence-corrected chi connectivity index (χ1v) is 23.7. The topological polar surface area (TPSA) is 56.7 Å². The van der Waals surface area contributed by atoms with Gasteiger partial charge in [0.1, 0.15) is 0 Å². The van der Waals surface area contributed by atoms with E-state index in [0.717, 1.165) is 67.8 Å². The third-order valence-electron chi connectivity index (χ3n) is 10.5. The van der Waals surface area contributed by atoms with Gasteiger partial charge < -0.3 is 14.0 Å². The Bertz CT molecular complexity index is 2850. The smallest absolute Gasteiger partial charge is 0.216 e. The first-order valence-electron chi connectivity index (χ1n) is 20.2. The molecule has 59 heavy (non-hydrogen) atoms. The molecule has 0 aliphatic heterocycles. The predicted molar refractivity (Wildman–Crippen MR) is 245 cm³/mol. The van der Waals surface area contributed by atoms with Gasteiger partial charge in [0.05, 0.1) is 30.5 Å². The molecule has 299 valence electrons. The van der Waals surface area contributed by atoms with E-state index in [4.69, 9.17) is 14.4 Å². The second-order valence-corrected chi connectivity index (χ2v) is 22.6. The van der Waals surface area contributed by atoms with Crippen molar-refractivity contribution in [2.45, 2.75) is 66.1 Å². The monoisotopic (exact) mass is 967 g/mol. The van der Waals surface area contributed by atoms with Gasteiger partial charge in [-0.3, -0.25) is 4.98 Å². The molecule has 4 aromatic heterocycles. The molecule has 0 amide bonds. The zero-order chi connectivity index (χ0) is 40.6. The standard InChI is InChI=1S/C34H26N3O.C18H24NSi.Ir/c1-34(2,3)30-21-20-26-25-12-9-13-27(31(25)38-33(26)36-30)32-35-28-14-7-8-15-29(28)37(32)24-18-16-23(17-19-24)22-10-5-4-6-11-22;1-14(2)11-16-12-17(15-9-7-6-8-10-15)19-13-18(16)20(3,4)5;/h4-12,14-21H,1-3H3;6-9,12-14H,11H2,1-5H3;/q2*-1;. The van der Waals surface area contributed by atoms with Gasteiger partial charge in [0.15, 0.2) is 0 Å². The van der Waals surface area contributed by atoms with Crippen molar-refractivity contribution in [1.29, 1.82) is 0 Å². The largest absolute Gasteiger partial charge is 0.486 e. The molecule has 7 heteroatoms. The molecule has 0 N–H and O–H groups in total. The molecule has 4 heterocycles. The number of hydrogen-bond acceptors (Lipinski definition) is 4. The Balaban J connectivity index is 0.000000214. The van der Waals surface area contributed by atoms with Crippen LogP contribution >= 0.6 is 0 Å². The normalized spacial score (nSPS) is 11.8. The second kappa shape index (κ2) is 17.0. The van der Waals surface area contributed by atoms with Crippen LogP contribution in [-0.4, -0.2) is 27.6 Å². The summed E-state index contributed by atoms with van der Waals surface area (Å²) in [6.07, 6.45) is 3.24. The number of rotatable bonds is 7. The summed E-state index contributed by atoms with van der Waals surface area (Å²) >= 11 is 0. The van der Waals surface area contributed by atoms with Crippen LogP contribution in [0.1, 0.15) is 45.9 Å². The van der Waals surface area contributed by atoms with Gasteiger partial charge in [-0.25, -0.2) is 4.98 Å². The zero-order valence-corrected chi connectivity index (χ0v) is 38.5. The first-order chi connectivity index (χ1) is 27.8. The molecule has 1 radical (unpaired) electrons. The fourth-order valence-electron chi connectivity index (χ4n) is 7.58. The van der Waals surface area contributed by atoms with E-state index >= 15 is 0 Å². The van der Waals surface area contributed by atoms with E-state index in [0.29, 0.717) is 11.6 Å². The fourth-order valence-corrected chi connectivity index (χ4v) is 9.17. The molecule has 9 rings (SSSR count). The van der Waals surface area contributed by atoms with Crippen molar-refractivity contribution in [3.8, 4) is 39.5 Å². The average molecular weight is 967 g/mol. The Morgan fingerprint density at radius 3 is 2.14 bits per heavy atom. The maximum atomic E-state index is 6.44. The fraction of sp³-hybridized carbons (Fsp3) is 0.212. The number of furan rings is 1. The van der Waals surface area contributed by atoms with Crippen LogP contribution in [0, 0.1) is 18.1 Å². The third kappa shape index (κ3) is 8.79. The van der Waals surface area contributed by atoms with Gasteiger partial charge in [-0.2, -0.15) is 0 Å². The van der Waals surface area contributed by atoms with Crippen LogP contribution in [0.15, 0.2) is 144 Å². The number of hydrogen-bond donors (Lipinski definition) is 0. The molecule has 0 saturated carbocycles. The van der Waals surface area contributed by atoms with Gasteiger partial charge >= 0.3 is 0 Å². The molecule has 0 atom stereocenters. The van der Waals surface area contributed by atoms with Crippen LogP contribution in [0.2, 0.25) is 19.6 Å². The van der Waals surface area contributed by atoms with Gasteiger partial charge in [-0.15, -0.1) is 54.1 Å². The molecule has 5 aromatic carbocycles. The van der Waals surface area contributed by atoms with Crippen molar-refractivity contribution in [2.75, 3.05) is 0 Å². The quantitative estimate of drug-likeness (QED) is 0.118. The molecule has 0 aliphatic rings. The van der Waals surface area contributed by atoms with Crippen molar-refractivity contribution in [3.05, 3.63) is 163 Å². The molecule has 0 bridgehead atoms. The van der Waals surface area contributed by atoms with Crippen molar-refractivity contribution in [2.24, 2.45) is 5.92 Å². The van der Waals surface area contributed by atoms with Crippen molar-refractivity contribution < 1.29 is 24.5 Å². The summed E-state index contributed by atoms with van der Waals surface area (Å²) in [6.45, 7) is 18.2. The third-order valence-corrected chi connectivity index (χ3v) is 12.6. The average Bonchev–Trinajstić information content (AvgIpc) is 3.79. The first kappa shape index (κ1) is 41.7. The number of pyridine rings is 2. The van der Waals surface area contributed by atoms with Gasteiger partial charge in [0, 0.05) is 48.5 Å². The summed E-state index contributed by atoms with van der Waals surface area (Å²) in [4.78, 5) is 14.6. The SMILES string of the molecule is CC(C)(C)c1ccc2c(n1)oc1c(-c3nc4ccccc4n3-c3ccc(-c4ccccc4)cc3)[c-]ccc12.CC(C)Cc1cc(-c2[c-]cccc2)ncc1[Si](C)(C)C.[Ir]. The van der Waals surface area contributed by atoms with E-state index in [9.17, 15) is 0 Å². The molecular formula is C52H50IrN4OSi-2. The molecule has 0 fully saturated rings. The van der Waals surface area contributed by atoms with Crippen LogP contribution in [-0.2, 0) is 31.9 Å². The summed E-state index contributed by atoms with van der Waals surface area (Å²) in [5, 5.41) is 3.50. The minimum Gasteiger partial charge on any atom is -0.486 e. The van der Waals surface area contributed by atoms with Gasteiger partial charge in [-0.05, 0) is 70.7 Å². The molecule has 0 unspecified atom stereocenters. The Kier molecular flexibility index (Phi) is 12.0. The number of benzene rings is 5. The number of nitrogens with zero attached hydrogens (tertiary/aromatic N) is 4. The van der Waals surface area contributed by atoms with E-state index in [-0.39, 0.29) is 25.5 Å². The van der Waals surface area contributed by atoms with Crippen molar-refractivity contribution in [3.63, 3.8) is 0 Å². The van der Waals surface area contributed by atoms with Gasteiger partial charge in [0.25, 0.3) is 0 Å². The summed E-state index contributed by atoms with van der Waals surface area (Å²) in [5.74, 6) is 1.46. The number of fused-ring (bicyclic) bond motifs is 4. The predicted octanol–water partition coefficient (Wildman–Crippen LogP) is 13.0. The Morgan fingerprint density at radius 2 is 1.44 bits per heavy atom. The van der Waals surface area contributed by atoms with E-state index in [2.05, 4.69) is 161 Å². The second-order valence-electron chi connectivity index (χ2n) is 17.5. The van der Waals surface area contributed by atoms with Crippen LogP contribution in [0.5, 0.6) is 0 Å². The van der Waals surface area contributed by atoms with Crippen LogP contribution in [0.3, 0.4) is 0 Å². The van der Waals surface area contributed by atoms with Crippen LogP contribution in [0.25, 0.3) is 72.6 Å². The molecule has 0 spiro atoms. The molecule has 0 saturated heterocycles. The van der Waals surface area contributed by atoms with Crippen LogP contribution in [0.4, 0.5) is 0 Å². The number of para-hydroxylation sites is 2. The maximum Gasteiger partial charge on any atom is 0.216 e. The van der Waals surface area contributed by atoms with E-state index < -0.39 is 8.07 Å². The minimum absolute atomic E-state index is 0. The summed E-state index contributed by atoms with van der Waals surface area (Å²) < 4.78 is 8.63. The Morgan fingerprint density at radius 1 is 0.729 bits per heavy atom. The van der Waals surface area contributed by atoms with Crippen molar-refractivity contribution in [1.82, 2.24) is 19.5 Å². The molecular weight excluding hydrogens is 917 g/mol. The van der Waals surface area contributed by atoms with Gasteiger partial charge in [0.2, 0.25) is 5.71 Å². The molecule has 0 aliphatic carbocycles. The Hall–Kier alpha value is -5.46. The number of imidazole rings is 1. The Labute approximate surface area is 363 Å². The number of aromatic nitrogens is 4. The van der Waals surface area contributed by atoms with Crippen molar-refractivity contribution >= 4 is 46.4 Å². The molecule has 5 nitrogen and oxygen atoms in total. The van der Waals surface area contributed by atoms with Crippen LogP contribution < -0.4 is 5.19 Å². The minimum atomic E-state index is -1.34. The zero-order valence-electron chi connectivity index (χ0n) is 35.1. The van der Waals surface area contributed by atoms with Gasteiger partial charge in [-0.1, -0.05) is 131 Å². The summed E-state index contributed by atoms with van der Waals surface area (Å²) in [5.41, 5.74) is 12.1. The van der Waals surface area contributed by atoms with E-state index in [1.165, 1.54) is 21.9 Å². The maximum absolute atomic E-state index is 6.44. The van der Waals surface area contributed by atoms with E-state index in [1.807, 2.05) is 54.6 Å². The summed E-state index contributed by atoms with van der Waals surface area (Å²) in [7, 11) is -1.34. The summed E-state index contributed by atoms with van der Waals surface area (Å²) in [6, 6.07) is 52.5. The molecule has 9 aromatic rings.